The molecular weight excluding hydrogens is 178 g/mol. The van der Waals surface area contributed by atoms with Gasteiger partial charge in [0.1, 0.15) is 11.5 Å². The summed E-state index contributed by atoms with van der Waals surface area (Å²) in [6, 6.07) is 5.28. The van der Waals surface area contributed by atoms with Crippen molar-refractivity contribution in [3.8, 4) is 11.5 Å². The molecule has 1 aliphatic heterocycles. The summed E-state index contributed by atoms with van der Waals surface area (Å²) in [5.41, 5.74) is 6.59. The second-order valence-electron chi connectivity index (χ2n) is 3.66. The third-order valence-corrected chi connectivity index (χ3v) is 2.63. The van der Waals surface area contributed by atoms with Gasteiger partial charge in [-0.15, -0.1) is 0 Å². The third-order valence-electron chi connectivity index (χ3n) is 2.63. The van der Waals surface area contributed by atoms with Crippen LogP contribution in [0.1, 0.15) is 24.3 Å². The van der Waals surface area contributed by atoms with Crippen LogP contribution in [0.2, 0.25) is 0 Å². The molecule has 1 aliphatic rings. The fourth-order valence-electron chi connectivity index (χ4n) is 1.87. The van der Waals surface area contributed by atoms with Crippen molar-refractivity contribution >= 4 is 0 Å². The summed E-state index contributed by atoms with van der Waals surface area (Å²) in [5.74, 6) is 1.62. The van der Waals surface area contributed by atoms with Crippen molar-refractivity contribution in [2.45, 2.75) is 18.8 Å². The van der Waals surface area contributed by atoms with E-state index in [4.69, 9.17) is 10.5 Å². The van der Waals surface area contributed by atoms with Gasteiger partial charge in [0.25, 0.3) is 0 Å². The van der Waals surface area contributed by atoms with Crippen molar-refractivity contribution in [1.82, 2.24) is 0 Å². The minimum atomic E-state index is 0.312. The SMILES string of the molecule is NCCCC1COc2ccc(O)cc21. The summed E-state index contributed by atoms with van der Waals surface area (Å²) in [5, 5.41) is 9.36. The lowest BCUT2D eigenvalue weighted by molar-refractivity contribution is 0.323. The van der Waals surface area contributed by atoms with E-state index >= 15 is 0 Å². The van der Waals surface area contributed by atoms with Crippen LogP contribution in [-0.2, 0) is 0 Å². The Hall–Kier alpha value is -1.22. The predicted octanol–water partition coefficient (Wildman–Crippen LogP) is 1.61. The average molecular weight is 193 g/mol. The zero-order valence-corrected chi connectivity index (χ0v) is 8.07. The van der Waals surface area contributed by atoms with Crippen LogP contribution in [-0.4, -0.2) is 18.3 Å². The molecule has 1 atom stereocenters. The van der Waals surface area contributed by atoms with Crippen molar-refractivity contribution in [3.05, 3.63) is 23.8 Å². The third kappa shape index (κ3) is 1.68. The molecule has 3 nitrogen and oxygen atoms in total. The van der Waals surface area contributed by atoms with Crippen LogP contribution in [0.5, 0.6) is 11.5 Å². The quantitative estimate of drug-likeness (QED) is 0.766. The molecule has 76 valence electrons. The van der Waals surface area contributed by atoms with Gasteiger partial charge >= 0.3 is 0 Å². The van der Waals surface area contributed by atoms with Gasteiger partial charge in [-0.2, -0.15) is 0 Å². The topological polar surface area (TPSA) is 55.5 Å². The van der Waals surface area contributed by atoms with Crippen LogP contribution in [0.15, 0.2) is 18.2 Å². The summed E-state index contributed by atoms with van der Waals surface area (Å²) in [4.78, 5) is 0. The summed E-state index contributed by atoms with van der Waals surface area (Å²) < 4.78 is 5.51. The van der Waals surface area contributed by atoms with Gasteiger partial charge in [0, 0.05) is 11.5 Å². The first kappa shape index (κ1) is 9.34. The molecule has 0 bridgehead atoms. The number of phenols is 1. The number of aromatic hydroxyl groups is 1. The van der Waals surface area contributed by atoms with Crippen LogP contribution in [0, 0.1) is 0 Å². The molecular formula is C11H15NO2. The molecule has 0 aromatic heterocycles. The standard InChI is InChI=1S/C11H15NO2/c12-5-1-2-8-7-14-11-4-3-9(13)6-10(8)11/h3-4,6,8,13H,1-2,5,7,12H2. The molecule has 1 aromatic rings. The van der Waals surface area contributed by atoms with E-state index in [1.54, 1.807) is 12.1 Å². The van der Waals surface area contributed by atoms with E-state index in [1.807, 2.05) is 6.07 Å². The number of phenolic OH excluding ortho intramolecular Hbond substituents is 1. The highest BCUT2D eigenvalue weighted by molar-refractivity contribution is 5.44. The van der Waals surface area contributed by atoms with Gasteiger partial charge in [0.05, 0.1) is 6.61 Å². The van der Waals surface area contributed by atoms with Gasteiger partial charge in [-0.25, -0.2) is 0 Å². The fourth-order valence-corrected chi connectivity index (χ4v) is 1.87. The van der Waals surface area contributed by atoms with Crippen molar-refractivity contribution < 1.29 is 9.84 Å². The zero-order valence-electron chi connectivity index (χ0n) is 8.07. The number of nitrogens with two attached hydrogens (primary N) is 1. The molecule has 1 heterocycles. The van der Waals surface area contributed by atoms with Gasteiger partial charge in [0.2, 0.25) is 0 Å². The van der Waals surface area contributed by atoms with Gasteiger partial charge in [-0.05, 0) is 37.6 Å². The van der Waals surface area contributed by atoms with E-state index < -0.39 is 0 Å². The van der Waals surface area contributed by atoms with Gasteiger partial charge < -0.3 is 15.6 Å². The molecule has 3 heteroatoms. The molecule has 14 heavy (non-hydrogen) atoms. The van der Waals surface area contributed by atoms with E-state index in [9.17, 15) is 5.11 Å². The van der Waals surface area contributed by atoms with Crippen LogP contribution >= 0.6 is 0 Å². The largest absolute Gasteiger partial charge is 0.508 e. The summed E-state index contributed by atoms with van der Waals surface area (Å²) in [6.45, 7) is 1.43. The molecule has 1 unspecified atom stereocenters. The first-order valence-electron chi connectivity index (χ1n) is 4.97. The number of ether oxygens (including phenoxy) is 1. The van der Waals surface area contributed by atoms with E-state index in [0.29, 0.717) is 18.2 Å². The first-order valence-corrected chi connectivity index (χ1v) is 4.97. The number of rotatable bonds is 3. The number of hydrogen-bond donors (Lipinski definition) is 2. The van der Waals surface area contributed by atoms with Crippen molar-refractivity contribution in [3.63, 3.8) is 0 Å². The van der Waals surface area contributed by atoms with Crippen LogP contribution in [0.25, 0.3) is 0 Å². The Morgan fingerprint density at radius 2 is 2.36 bits per heavy atom. The predicted molar refractivity (Wildman–Crippen MR) is 54.6 cm³/mol. The minimum Gasteiger partial charge on any atom is -0.508 e. The van der Waals surface area contributed by atoms with Crippen molar-refractivity contribution in [2.75, 3.05) is 13.2 Å². The minimum absolute atomic E-state index is 0.312. The lowest BCUT2D eigenvalue weighted by Gasteiger charge is -2.07. The van der Waals surface area contributed by atoms with E-state index in [1.165, 1.54) is 0 Å². The lowest BCUT2D eigenvalue weighted by atomic mass is 9.96. The summed E-state index contributed by atoms with van der Waals surface area (Å²) in [7, 11) is 0. The molecule has 0 aliphatic carbocycles. The lowest BCUT2D eigenvalue weighted by Crippen LogP contribution is -2.05. The summed E-state index contributed by atoms with van der Waals surface area (Å²) in [6.07, 6.45) is 2.04. The number of hydrogen-bond acceptors (Lipinski definition) is 3. The highest BCUT2D eigenvalue weighted by atomic mass is 16.5. The van der Waals surface area contributed by atoms with E-state index in [-0.39, 0.29) is 0 Å². The van der Waals surface area contributed by atoms with Gasteiger partial charge in [-0.1, -0.05) is 0 Å². The van der Waals surface area contributed by atoms with Crippen LogP contribution in [0.4, 0.5) is 0 Å². The zero-order chi connectivity index (χ0) is 9.97. The Balaban J connectivity index is 2.16. The Kier molecular flexibility index (Phi) is 2.59. The normalized spacial score (nSPS) is 19.1. The Morgan fingerprint density at radius 1 is 1.50 bits per heavy atom. The average Bonchev–Trinajstić information content (AvgIpc) is 2.57. The molecule has 2 rings (SSSR count). The Bertz CT molecular complexity index is 325. The van der Waals surface area contributed by atoms with Crippen LogP contribution in [0.3, 0.4) is 0 Å². The maximum Gasteiger partial charge on any atom is 0.123 e. The first-order chi connectivity index (χ1) is 6.81. The molecule has 1 aromatic carbocycles. The van der Waals surface area contributed by atoms with Crippen molar-refractivity contribution in [1.29, 1.82) is 0 Å². The maximum atomic E-state index is 9.36. The smallest absolute Gasteiger partial charge is 0.123 e. The molecule has 0 saturated carbocycles. The van der Waals surface area contributed by atoms with Gasteiger partial charge in [-0.3, -0.25) is 0 Å². The molecule has 0 radical (unpaired) electrons. The molecule has 3 N–H and O–H groups in total. The second-order valence-corrected chi connectivity index (χ2v) is 3.66. The number of fused-ring (bicyclic) bond motifs is 1. The van der Waals surface area contributed by atoms with Crippen molar-refractivity contribution in [2.24, 2.45) is 5.73 Å². The Morgan fingerprint density at radius 3 is 3.14 bits per heavy atom. The van der Waals surface area contributed by atoms with E-state index in [2.05, 4.69) is 0 Å². The monoisotopic (exact) mass is 193 g/mol. The number of benzene rings is 1. The van der Waals surface area contributed by atoms with Crippen LogP contribution < -0.4 is 10.5 Å². The molecule has 0 spiro atoms. The molecule has 0 fully saturated rings. The Labute approximate surface area is 83.5 Å². The molecule has 0 saturated heterocycles. The van der Waals surface area contributed by atoms with E-state index in [0.717, 1.165) is 30.8 Å². The fraction of sp³-hybridized carbons (Fsp3) is 0.455. The highest BCUT2D eigenvalue weighted by Crippen LogP contribution is 2.38. The summed E-state index contributed by atoms with van der Waals surface area (Å²) >= 11 is 0. The maximum absolute atomic E-state index is 9.36. The second kappa shape index (κ2) is 3.88. The van der Waals surface area contributed by atoms with Gasteiger partial charge in [0.15, 0.2) is 0 Å². The molecule has 0 amide bonds. The highest BCUT2D eigenvalue weighted by Gasteiger charge is 2.23.